The summed E-state index contributed by atoms with van der Waals surface area (Å²) in [5, 5.41) is 17.1. The molecule has 0 saturated carbocycles. The van der Waals surface area contributed by atoms with Crippen LogP contribution in [0.4, 0.5) is 0 Å². The second-order valence-corrected chi connectivity index (χ2v) is 2.24. The molecule has 0 unspecified atom stereocenters. The predicted molar refractivity (Wildman–Crippen MR) is 36.5 cm³/mol. The molecule has 4 nitrogen and oxygen atoms in total. The maximum atomic E-state index is 10.1. The molecule has 0 aliphatic heterocycles. The molecule has 0 fully saturated rings. The quantitative estimate of drug-likeness (QED) is 0.503. The lowest BCUT2D eigenvalue weighted by atomic mass is 10.1. The van der Waals surface area contributed by atoms with Gasteiger partial charge in [0.05, 0.1) is 0 Å². The monoisotopic (exact) mass is 147 g/mol. The van der Waals surface area contributed by atoms with Gasteiger partial charge in [0.2, 0.25) is 0 Å². The first-order valence-corrected chi connectivity index (χ1v) is 3.26. The van der Waals surface area contributed by atoms with Gasteiger partial charge in [0.15, 0.2) is 6.10 Å². The number of rotatable bonds is 4. The first-order valence-electron chi connectivity index (χ1n) is 3.26. The highest BCUT2D eigenvalue weighted by Gasteiger charge is 2.20. The number of aliphatic hydroxyl groups excluding tert-OH is 1. The molecule has 0 bridgehead atoms. The van der Waals surface area contributed by atoms with Crippen molar-refractivity contribution in [3.05, 3.63) is 0 Å². The van der Waals surface area contributed by atoms with Gasteiger partial charge in [0, 0.05) is 6.04 Å². The molecule has 0 aromatic rings. The van der Waals surface area contributed by atoms with Crippen LogP contribution in [-0.4, -0.2) is 28.3 Å². The Morgan fingerprint density at radius 2 is 2.20 bits per heavy atom. The highest BCUT2D eigenvalue weighted by atomic mass is 16.4. The molecule has 0 aromatic heterocycles. The fourth-order valence-corrected chi connectivity index (χ4v) is 0.674. The molecule has 4 heteroatoms. The van der Waals surface area contributed by atoms with Crippen molar-refractivity contribution in [2.24, 2.45) is 5.73 Å². The molecule has 0 rings (SSSR count). The number of hydrogen-bond donors (Lipinski definition) is 3. The average Bonchev–Trinajstić information content (AvgIpc) is 1.87. The van der Waals surface area contributed by atoms with E-state index in [0.717, 1.165) is 6.42 Å². The van der Waals surface area contributed by atoms with E-state index in [1.165, 1.54) is 0 Å². The Labute approximate surface area is 59.7 Å². The van der Waals surface area contributed by atoms with Crippen LogP contribution in [0.5, 0.6) is 0 Å². The fraction of sp³-hybridized carbons (Fsp3) is 0.833. The van der Waals surface area contributed by atoms with Gasteiger partial charge in [0.25, 0.3) is 0 Å². The van der Waals surface area contributed by atoms with Crippen LogP contribution in [-0.2, 0) is 4.79 Å². The Morgan fingerprint density at radius 1 is 1.70 bits per heavy atom. The standard InChI is InChI=1S/C6H13NO3/c1-2-3-4(7)5(8)6(9)10/h4-5,8H,2-3,7H2,1H3,(H,9,10)/t4-,5-/m0/s1. The smallest absolute Gasteiger partial charge is 0.334 e. The number of carboxylic acid groups (broad SMARTS) is 1. The van der Waals surface area contributed by atoms with Crippen LogP contribution < -0.4 is 5.73 Å². The molecule has 0 radical (unpaired) electrons. The van der Waals surface area contributed by atoms with E-state index in [1.807, 2.05) is 6.92 Å². The first-order chi connectivity index (χ1) is 4.59. The van der Waals surface area contributed by atoms with Gasteiger partial charge in [-0.15, -0.1) is 0 Å². The average molecular weight is 147 g/mol. The van der Waals surface area contributed by atoms with Crippen molar-refractivity contribution < 1.29 is 15.0 Å². The topological polar surface area (TPSA) is 83.5 Å². The Balaban J connectivity index is 3.69. The Bertz CT molecular complexity index is 116. The van der Waals surface area contributed by atoms with Gasteiger partial charge in [-0.3, -0.25) is 0 Å². The lowest BCUT2D eigenvalue weighted by Crippen LogP contribution is -2.40. The van der Waals surface area contributed by atoms with E-state index >= 15 is 0 Å². The summed E-state index contributed by atoms with van der Waals surface area (Å²) in [6.07, 6.45) is -0.0983. The van der Waals surface area contributed by atoms with Gasteiger partial charge >= 0.3 is 5.97 Å². The molecular formula is C6H13NO3. The van der Waals surface area contributed by atoms with Crippen molar-refractivity contribution in [2.75, 3.05) is 0 Å². The van der Waals surface area contributed by atoms with E-state index in [1.54, 1.807) is 0 Å². The molecule has 10 heavy (non-hydrogen) atoms. The van der Waals surface area contributed by atoms with Crippen molar-refractivity contribution >= 4 is 5.97 Å². The number of aliphatic hydroxyl groups is 1. The molecule has 0 aliphatic rings. The minimum Gasteiger partial charge on any atom is -0.479 e. The third-order valence-corrected chi connectivity index (χ3v) is 1.28. The SMILES string of the molecule is CCC[C@H](N)[C@H](O)C(=O)O. The zero-order chi connectivity index (χ0) is 8.15. The van der Waals surface area contributed by atoms with Crippen molar-refractivity contribution in [1.29, 1.82) is 0 Å². The number of hydrogen-bond acceptors (Lipinski definition) is 3. The molecule has 4 N–H and O–H groups in total. The largest absolute Gasteiger partial charge is 0.479 e. The summed E-state index contributed by atoms with van der Waals surface area (Å²) >= 11 is 0. The Morgan fingerprint density at radius 3 is 2.50 bits per heavy atom. The molecule has 0 amide bonds. The van der Waals surface area contributed by atoms with Crippen LogP contribution in [0.2, 0.25) is 0 Å². The van der Waals surface area contributed by atoms with E-state index in [0.29, 0.717) is 6.42 Å². The van der Waals surface area contributed by atoms with E-state index in [-0.39, 0.29) is 0 Å². The summed E-state index contributed by atoms with van der Waals surface area (Å²) in [5.74, 6) is -1.25. The van der Waals surface area contributed by atoms with Gasteiger partial charge in [-0.05, 0) is 6.42 Å². The first kappa shape index (κ1) is 9.39. The second kappa shape index (κ2) is 4.24. The lowest BCUT2D eigenvalue weighted by molar-refractivity contribution is -0.147. The molecule has 0 spiro atoms. The molecule has 0 heterocycles. The minimum absolute atomic E-state index is 0.535. The maximum Gasteiger partial charge on any atom is 0.334 e. The van der Waals surface area contributed by atoms with E-state index < -0.39 is 18.1 Å². The van der Waals surface area contributed by atoms with Crippen LogP contribution in [0.3, 0.4) is 0 Å². The summed E-state index contributed by atoms with van der Waals surface area (Å²) in [7, 11) is 0. The summed E-state index contributed by atoms with van der Waals surface area (Å²) in [6.45, 7) is 1.88. The highest BCUT2D eigenvalue weighted by Crippen LogP contribution is 1.98. The Kier molecular flexibility index (Phi) is 3.99. The van der Waals surface area contributed by atoms with Crippen LogP contribution >= 0.6 is 0 Å². The van der Waals surface area contributed by atoms with E-state index in [2.05, 4.69) is 0 Å². The van der Waals surface area contributed by atoms with Gasteiger partial charge in [-0.2, -0.15) is 0 Å². The number of carboxylic acids is 1. The fourth-order valence-electron chi connectivity index (χ4n) is 0.674. The van der Waals surface area contributed by atoms with Crippen molar-refractivity contribution in [3.63, 3.8) is 0 Å². The third kappa shape index (κ3) is 2.80. The van der Waals surface area contributed by atoms with E-state index in [4.69, 9.17) is 15.9 Å². The van der Waals surface area contributed by atoms with Crippen LogP contribution in [0.25, 0.3) is 0 Å². The normalized spacial score (nSPS) is 16.3. The number of aliphatic carboxylic acids is 1. The lowest BCUT2D eigenvalue weighted by Gasteiger charge is -2.12. The predicted octanol–water partition coefficient (Wildman–Crippen LogP) is -0.441. The second-order valence-electron chi connectivity index (χ2n) is 2.24. The molecule has 60 valence electrons. The molecule has 0 aliphatic carbocycles. The summed E-state index contributed by atoms with van der Waals surface area (Å²) in [6, 6.07) is -0.637. The van der Waals surface area contributed by atoms with Crippen molar-refractivity contribution in [2.45, 2.75) is 31.9 Å². The summed E-state index contributed by atoms with van der Waals surface area (Å²) in [4.78, 5) is 10.1. The van der Waals surface area contributed by atoms with Crippen molar-refractivity contribution in [1.82, 2.24) is 0 Å². The summed E-state index contributed by atoms with van der Waals surface area (Å²) in [5.41, 5.74) is 5.30. The molecule has 2 atom stereocenters. The zero-order valence-electron chi connectivity index (χ0n) is 5.95. The van der Waals surface area contributed by atoms with Gasteiger partial charge in [0.1, 0.15) is 0 Å². The minimum atomic E-state index is -1.42. The van der Waals surface area contributed by atoms with Crippen LogP contribution in [0, 0.1) is 0 Å². The van der Waals surface area contributed by atoms with Gasteiger partial charge in [-0.25, -0.2) is 4.79 Å². The summed E-state index contributed by atoms with van der Waals surface area (Å²) < 4.78 is 0. The maximum absolute atomic E-state index is 10.1. The number of carbonyl (C=O) groups is 1. The molecular weight excluding hydrogens is 134 g/mol. The van der Waals surface area contributed by atoms with E-state index in [9.17, 15) is 4.79 Å². The van der Waals surface area contributed by atoms with Gasteiger partial charge in [-0.1, -0.05) is 13.3 Å². The Hall–Kier alpha value is -0.610. The molecule has 0 saturated heterocycles. The van der Waals surface area contributed by atoms with Gasteiger partial charge < -0.3 is 15.9 Å². The third-order valence-electron chi connectivity index (χ3n) is 1.28. The zero-order valence-corrected chi connectivity index (χ0v) is 5.95. The van der Waals surface area contributed by atoms with Crippen LogP contribution in [0.15, 0.2) is 0 Å². The van der Waals surface area contributed by atoms with Crippen molar-refractivity contribution in [3.8, 4) is 0 Å². The highest BCUT2D eigenvalue weighted by molar-refractivity contribution is 5.72. The number of nitrogens with two attached hydrogens (primary N) is 1. The molecule has 0 aromatic carbocycles. The van der Waals surface area contributed by atoms with Crippen LogP contribution in [0.1, 0.15) is 19.8 Å².